The van der Waals surface area contributed by atoms with Crippen LogP contribution in [0.3, 0.4) is 0 Å². The van der Waals surface area contributed by atoms with Gasteiger partial charge >= 0.3 is 0 Å². The molecule has 0 aromatic heterocycles. The first-order valence-corrected chi connectivity index (χ1v) is 10.1. The molecule has 30 heavy (non-hydrogen) atoms. The van der Waals surface area contributed by atoms with Crippen LogP contribution in [-0.4, -0.2) is 11.8 Å². The van der Waals surface area contributed by atoms with Gasteiger partial charge in [-0.2, -0.15) is 0 Å². The van der Waals surface area contributed by atoms with E-state index >= 15 is 0 Å². The highest BCUT2D eigenvalue weighted by atomic mass is 16.5. The molecule has 0 spiro atoms. The van der Waals surface area contributed by atoms with E-state index < -0.39 is 0 Å². The van der Waals surface area contributed by atoms with Gasteiger partial charge in [0.05, 0.1) is 6.04 Å². The van der Waals surface area contributed by atoms with Crippen LogP contribution < -0.4 is 15.4 Å². The average molecular weight is 400 g/mol. The van der Waals surface area contributed by atoms with Crippen molar-refractivity contribution in [3.05, 3.63) is 95.1 Å². The Kier molecular flexibility index (Phi) is 5.80. The molecular formula is C25H24N2O3. The molecule has 1 aliphatic heterocycles. The highest BCUT2D eigenvalue weighted by molar-refractivity contribution is 5.95. The van der Waals surface area contributed by atoms with Crippen LogP contribution in [-0.2, 0) is 17.8 Å². The van der Waals surface area contributed by atoms with E-state index in [2.05, 4.69) is 16.7 Å². The second-order valence-electron chi connectivity index (χ2n) is 7.46. The van der Waals surface area contributed by atoms with Gasteiger partial charge in [-0.3, -0.25) is 9.59 Å². The van der Waals surface area contributed by atoms with E-state index in [1.54, 1.807) is 0 Å². The third kappa shape index (κ3) is 4.69. The minimum absolute atomic E-state index is 0.0502. The molecule has 152 valence electrons. The minimum atomic E-state index is -0.137. The number of hydrogen-bond acceptors (Lipinski definition) is 3. The lowest BCUT2D eigenvalue weighted by atomic mass is 9.97. The zero-order chi connectivity index (χ0) is 20.9. The van der Waals surface area contributed by atoms with Gasteiger partial charge in [0.1, 0.15) is 12.4 Å². The molecule has 1 heterocycles. The molecule has 4 rings (SSSR count). The summed E-state index contributed by atoms with van der Waals surface area (Å²) >= 11 is 0. The summed E-state index contributed by atoms with van der Waals surface area (Å²) < 4.78 is 5.74. The number of aryl methyl sites for hydroxylation is 1. The zero-order valence-corrected chi connectivity index (χ0v) is 16.9. The maximum absolute atomic E-state index is 12.7. The van der Waals surface area contributed by atoms with Crippen LogP contribution in [0.4, 0.5) is 5.69 Å². The third-order valence-corrected chi connectivity index (χ3v) is 5.24. The lowest BCUT2D eigenvalue weighted by Gasteiger charge is -2.20. The van der Waals surface area contributed by atoms with Crippen molar-refractivity contribution in [2.24, 2.45) is 0 Å². The highest BCUT2D eigenvalue weighted by Gasteiger charge is 2.17. The third-order valence-electron chi connectivity index (χ3n) is 5.24. The fraction of sp³-hybridized carbons (Fsp3) is 0.200. The zero-order valence-electron chi connectivity index (χ0n) is 16.9. The van der Waals surface area contributed by atoms with Crippen molar-refractivity contribution in [3.63, 3.8) is 0 Å². The lowest BCUT2D eigenvalue weighted by Crippen LogP contribution is -2.27. The van der Waals surface area contributed by atoms with Crippen LogP contribution in [0.5, 0.6) is 5.75 Å². The number of ether oxygens (including phenoxy) is 1. The Morgan fingerprint density at radius 2 is 1.80 bits per heavy atom. The number of nitrogens with one attached hydrogen (secondary N) is 2. The Balaban J connectivity index is 1.36. The van der Waals surface area contributed by atoms with E-state index in [1.165, 1.54) is 0 Å². The van der Waals surface area contributed by atoms with Crippen molar-refractivity contribution in [1.29, 1.82) is 0 Å². The predicted molar refractivity (Wildman–Crippen MR) is 116 cm³/mol. The molecule has 5 nitrogen and oxygen atoms in total. The standard InChI is InChI=1S/C25H24N2O3/c1-17(20-11-13-23-21(15-20)12-14-24(28)27-23)26-25(29)19-9-7-18(8-10-19)16-30-22-5-3-2-4-6-22/h2-11,13,15,17H,12,14,16H2,1H3,(H,26,29)(H,27,28). The van der Waals surface area contributed by atoms with Crippen molar-refractivity contribution in [1.82, 2.24) is 5.32 Å². The molecule has 3 aromatic carbocycles. The summed E-state index contributed by atoms with van der Waals surface area (Å²) in [7, 11) is 0. The molecule has 0 fully saturated rings. The summed E-state index contributed by atoms with van der Waals surface area (Å²) in [6, 6.07) is 22.9. The average Bonchev–Trinajstić information content (AvgIpc) is 2.78. The molecular weight excluding hydrogens is 376 g/mol. The summed E-state index contributed by atoms with van der Waals surface area (Å²) in [6.45, 7) is 2.41. The molecule has 0 aliphatic carbocycles. The van der Waals surface area contributed by atoms with Crippen molar-refractivity contribution >= 4 is 17.5 Å². The lowest BCUT2D eigenvalue weighted by molar-refractivity contribution is -0.116. The number of carbonyl (C=O) groups excluding carboxylic acids is 2. The second kappa shape index (κ2) is 8.82. The molecule has 0 bridgehead atoms. The number of anilines is 1. The fourth-order valence-electron chi connectivity index (χ4n) is 3.47. The number of fused-ring (bicyclic) bond motifs is 1. The second-order valence-corrected chi connectivity index (χ2v) is 7.46. The predicted octanol–water partition coefficient (Wildman–Crippen LogP) is 4.64. The fourth-order valence-corrected chi connectivity index (χ4v) is 3.47. The Hall–Kier alpha value is -3.60. The monoisotopic (exact) mass is 400 g/mol. The molecule has 2 amide bonds. The minimum Gasteiger partial charge on any atom is -0.489 e. The Morgan fingerprint density at radius 1 is 1.03 bits per heavy atom. The first kappa shape index (κ1) is 19.7. The molecule has 0 saturated heterocycles. The van der Waals surface area contributed by atoms with Gasteiger partial charge in [-0.15, -0.1) is 0 Å². The van der Waals surface area contributed by atoms with Crippen LogP contribution in [0.25, 0.3) is 0 Å². The number of benzene rings is 3. The first-order chi connectivity index (χ1) is 14.6. The smallest absolute Gasteiger partial charge is 0.251 e. The van der Waals surface area contributed by atoms with Crippen LogP contribution in [0.1, 0.15) is 46.4 Å². The van der Waals surface area contributed by atoms with E-state index in [0.717, 1.165) is 34.5 Å². The van der Waals surface area contributed by atoms with E-state index in [4.69, 9.17) is 4.74 Å². The number of amides is 2. The van der Waals surface area contributed by atoms with E-state index in [-0.39, 0.29) is 17.9 Å². The van der Waals surface area contributed by atoms with Crippen LogP contribution >= 0.6 is 0 Å². The van der Waals surface area contributed by atoms with Gasteiger partial charge in [-0.1, -0.05) is 42.5 Å². The summed E-state index contributed by atoms with van der Waals surface area (Å²) in [4.78, 5) is 24.2. The Labute approximate surface area is 176 Å². The number of carbonyl (C=O) groups is 2. The maximum Gasteiger partial charge on any atom is 0.251 e. The molecule has 0 radical (unpaired) electrons. The molecule has 3 aromatic rings. The van der Waals surface area contributed by atoms with Gasteiger partial charge < -0.3 is 15.4 Å². The quantitative estimate of drug-likeness (QED) is 0.633. The van der Waals surface area contributed by atoms with Gasteiger partial charge in [0.25, 0.3) is 5.91 Å². The topological polar surface area (TPSA) is 67.4 Å². The Bertz CT molecular complexity index is 1050. The van der Waals surface area contributed by atoms with E-state index in [9.17, 15) is 9.59 Å². The van der Waals surface area contributed by atoms with Crippen LogP contribution in [0.2, 0.25) is 0 Å². The summed E-state index contributed by atoms with van der Waals surface area (Å²) in [5.41, 5.74) is 4.60. The van der Waals surface area contributed by atoms with Crippen LogP contribution in [0.15, 0.2) is 72.8 Å². The molecule has 2 N–H and O–H groups in total. The molecule has 1 aliphatic rings. The first-order valence-electron chi connectivity index (χ1n) is 10.1. The number of rotatable bonds is 6. The van der Waals surface area contributed by atoms with Gasteiger partial charge in [0.15, 0.2) is 0 Å². The molecule has 0 saturated carbocycles. The molecule has 5 heteroatoms. The van der Waals surface area contributed by atoms with Gasteiger partial charge in [-0.05, 0) is 60.4 Å². The normalized spacial score (nSPS) is 13.7. The highest BCUT2D eigenvalue weighted by Crippen LogP contribution is 2.26. The largest absolute Gasteiger partial charge is 0.489 e. The van der Waals surface area contributed by atoms with Crippen molar-refractivity contribution in [2.75, 3.05) is 5.32 Å². The summed E-state index contributed by atoms with van der Waals surface area (Å²) in [5.74, 6) is 0.746. The van der Waals surface area contributed by atoms with Crippen molar-refractivity contribution in [3.8, 4) is 5.75 Å². The molecule has 1 atom stereocenters. The van der Waals surface area contributed by atoms with Crippen LogP contribution in [0, 0.1) is 0 Å². The SMILES string of the molecule is CC(NC(=O)c1ccc(COc2ccccc2)cc1)c1ccc2c(c1)CCC(=O)N2. The maximum atomic E-state index is 12.7. The number of para-hydroxylation sites is 1. The molecule has 1 unspecified atom stereocenters. The van der Waals surface area contributed by atoms with E-state index in [1.807, 2.05) is 73.7 Å². The Morgan fingerprint density at radius 3 is 2.57 bits per heavy atom. The summed E-state index contributed by atoms with van der Waals surface area (Å²) in [6.07, 6.45) is 1.22. The van der Waals surface area contributed by atoms with Crippen molar-refractivity contribution < 1.29 is 14.3 Å². The van der Waals surface area contributed by atoms with Gasteiger partial charge in [0.2, 0.25) is 5.91 Å². The van der Waals surface area contributed by atoms with E-state index in [0.29, 0.717) is 18.6 Å². The number of hydrogen-bond donors (Lipinski definition) is 2. The summed E-state index contributed by atoms with van der Waals surface area (Å²) in [5, 5.41) is 5.93. The van der Waals surface area contributed by atoms with Crippen molar-refractivity contribution in [2.45, 2.75) is 32.4 Å². The van der Waals surface area contributed by atoms with Gasteiger partial charge in [-0.25, -0.2) is 0 Å². The van der Waals surface area contributed by atoms with Gasteiger partial charge in [0, 0.05) is 17.7 Å².